The van der Waals surface area contributed by atoms with E-state index in [0.29, 0.717) is 28.7 Å². The van der Waals surface area contributed by atoms with Crippen molar-refractivity contribution >= 4 is 28.3 Å². The summed E-state index contributed by atoms with van der Waals surface area (Å²) in [4.78, 5) is 30.2. The van der Waals surface area contributed by atoms with Crippen LogP contribution in [0.25, 0.3) is 0 Å². The van der Waals surface area contributed by atoms with Crippen molar-refractivity contribution in [2.24, 2.45) is 0 Å². The molecule has 2 aromatic rings. The molecular weight excluding hydrogens is 338 g/mol. The highest BCUT2D eigenvalue weighted by atomic mass is 32.1. The molecule has 0 unspecified atom stereocenters. The summed E-state index contributed by atoms with van der Waals surface area (Å²) in [6, 6.07) is 7.57. The number of carbonyl (C=O) groups excluding carboxylic acids is 1. The maximum absolute atomic E-state index is 12.7. The van der Waals surface area contributed by atoms with Crippen molar-refractivity contribution < 1.29 is 14.7 Å². The van der Waals surface area contributed by atoms with Gasteiger partial charge in [0.25, 0.3) is 0 Å². The lowest BCUT2D eigenvalue weighted by molar-refractivity contribution is 0.104. The maximum Gasteiger partial charge on any atom is 0.407 e. The molecular formula is C18H21N3O3S. The molecule has 1 amide bonds. The minimum absolute atomic E-state index is 0.0176. The number of ketones is 1. The van der Waals surface area contributed by atoms with Gasteiger partial charge >= 0.3 is 6.09 Å². The summed E-state index contributed by atoms with van der Waals surface area (Å²) in [6.07, 6.45) is 3.24. The molecule has 3 rings (SSSR count). The Hall–Kier alpha value is -2.41. The van der Waals surface area contributed by atoms with Crippen LogP contribution in [0, 0.1) is 0 Å². The van der Waals surface area contributed by atoms with E-state index in [1.165, 1.54) is 16.2 Å². The van der Waals surface area contributed by atoms with E-state index in [4.69, 9.17) is 0 Å². The first kappa shape index (κ1) is 17.4. The van der Waals surface area contributed by atoms with E-state index in [0.717, 1.165) is 24.8 Å². The molecule has 0 aliphatic carbocycles. The van der Waals surface area contributed by atoms with E-state index in [1.807, 2.05) is 31.2 Å². The molecule has 25 heavy (non-hydrogen) atoms. The minimum atomic E-state index is -0.879. The van der Waals surface area contributed by atoms with Crippen molar-refractivity contribution in [3.63, 3.8) is 0 Å². The summed E-state index contributed by atoms with van der Waals surface area (Å²) in [5.74, 6) is -0.0176. The fourth-order valence-electron chi connectivity index (χ4n) is 3.15. The molecule has 1 atom stereocenters. The van der Waals surface area contributed by atoms with Crippen LogP contribution in [0.15, 0.2) is 30.5 Å². The van der Waals surface area contributed by atoms with E-state index in [-0.39, 0.29) is 11.8 Å². The van der Waals surface area contributed by atoms with Crippen molar-refractivity contribution in [1.82, 2.24) is 9.88 Å². The van der Waals surface area contributed by atoms with Gasteiger partial charge in [-0.15, -0.1) is 0 Å². The zero-order valence-corrected chi connectivity index (χ0v) is 14.9. The van der Waals surface area contributed by atoms with E-state index in [9.17, 15) is 14.7 Å². The van der Waals surface area contributed by atoms with Gasteiger partial charge in [0.15, 0.2) is 5.13 Å². The molecule has 0 spiro atoms. The number of aryl methyl sites for hydroxylation is 1. The van der Waals surface area contributed by atoms with Gasteiger partial charge in [0.05, 0.1) is 17.1 Å². The Morgan fingerprint density at radius 3 is 2.96 bits per heavy atom. The summed E-state index contributed by atoms with van der Waals surface area (Å²) in [5.41, 5.74) is 1.74. The number of nitrogens with zero attached hydrogens (tertiary/aromatic N) is 2. The molecule has 1 aliphatic rings. The summed E-state index contributed by atoms with van der Waals surface area (Å²) < 4.78 is 0. The lowest BCUT2D eigenvalue weighted by Gasteiger charge is -2.21. The van der Waals surface area contributed by atoms with Crippen LogP contribution in [0.4, 0.5) is 9.93 Å². The lowest BCUT2D eigenvalue weighted by Crippen LogP contribution is -2.38. The number of amides is 1. The fourth-order valence-corrected chi connectivity index (χ4v) is 3.93. The van der Waals surface area contributed by atoms with E-state index in [2.05, 4.69) is 10.3 Å². The Morgan fingerprint density at radius 2 is 2.20 bits per heavy atom. The first-order valence-corrected chi connectivity index (χ1v) is 9.23. The predicted octanol–water partition coefficient (Wildman–Crippen LogP) is 3.49. The largest absolute Gasteiger partial charge is 0.465 e. The number of hydrogen-bond donors (Lipinski definition) is 2. The number of carbonyl (C=O) groups is 2. The van der Waals surface area contributed by atoms with Gasteiger partial charge in [0.1, 0.15) is 0 Å². The van der Waals surface area contributed by atoms with Crippen molar-refractivity contribution in [3.8, 4) is 0 Å². The van der Waals surface area contributed by atoms with Gasteiger partial charge < -0.3 is 15.3 Å². The van der Waals surface area contributed by atoms with Crippen LogP contribution in [0.2, 0.25) is 0 Å². The number of thiazole rings is 1. The Bertz CT molecular complexity index is 774. The number of benzene rings is 1. The molecule has 0 saturated carbocycles. The quantitative estimate of drug-likeness (QED) is 0.772. The molecule has 1 aromatic heterocycles. The van der Waals surface area contributed by atoms with Gasteiger partial charge in [-0.25, -0.2) is 9.78 Å². The van der Waals surface area contributed by atoms with E-state index >= 15 is 0 Å². The molecule has 1 aromatic carbocycles. The Morgan fingerprint density at radius 1 is 1.40 bits per heavy atom. The summed E-state index contributed by atoms with van der Waals surface area (Å²) in [6.45, 7) is 3.12. The number of rotatable bonds is 6. The predicted molar refractivity (Wildman–Crippen MR) is 97.6 cm³/mol. The smallest absolute Gasteiger partial charge is 0.407 e. The number of hydrogen-bond acceptors (Lipinski definition) is 5. The SMILES string of the molecule is CCc1ccccc1C(=O)c1cnc(NC[C@@H]2CCCN2C(=O)O)s1. The van der Waals surface area contributed by atoms with E-state index < -0.39 is 6.09 Å². The van der Waals surface area contributed by atoms with Gasteiger partial charge in [-0.2, -0.15) is 0 Å². The average molecular weight is 359 g/mol. The third-order valence-corrected chi connectivity index (χ3v) is 5.44. The second kappa shape index (κ2) is 7.65. The Labute approximate surface area is 150 Å². The Balaban J connectivity index is 1.66. The van der Waals surface area contributed by atoms with Crippen molar-refractivity contribution in [2.75, 3.05) is 18.4 Å². The Kier molecular flexibility index (Phi) is 5.33. The maximum atomic E-state index is 12.7. The van der Waals surface area contributed by atoms with Gasteiger partial charge in [-0.05, 0) is 24.8 Å². The van der Waals surface area contributed by atoms with Crippen molar-refractivity contribution in [2.45, 2.75) is 32.2 Å². The first-order valence-electron chi connectivity index (χ1n) is 8.42. The zero-order chi connectivity index (χ0) is 17.8. The highest BCUT2D eigenvalue weighted by Crippen LogP contribution is 2.24. The molecule has 0 radical (unpaired) electrons. The average Bonchev–Trinajstić information content (AvgIpc) is 3.28. The lowest BCUT2D eigenvalue weighted by atomic mass is 10.0. The molecule has 1 saturated heterocycles. The summed E-state index contributed by atoms with van der Waals surface area (Å²) in [7, 11) is 0. The number of anilines is 1. The standard InChI is InChI=1S/C18H21N3O3S/c1-2-12-6-3-4-8-14(12)16(22)15-11-20-17(25-15)19-10-13-7-5-9-21(13)18(23)24/h3-4,6,8,11,13H,2,5,7,9-10H2,1H3,(H,19,20)(H,23,24)/t13-/m0/s1. The van der Waals surface area contributed by atoms with Crippen molar-refractivity contribution in [1.29, 1.82) is 0 Å². The van der Waals surface area contributed by atoms with Gasteiger partial charge in [0.2, 0.25) is 5.78 Å². The zero-order valence-electron chi connectivity index (χ0n) is 14.1. The molecule has 2 heterocycles. The van der Waals surface area contributed by atoms with E-state index in [1.54, 1.807) is 6.20 Å². The molecule has 2 N–H and O–H groups in total. The highest BCUT2D eigenvalue weighted by molar-refractivity contribution is 7.17. The van der Waals surface area contributed by atoms with Crippen LogP contribution in [-0.4, -0.2) is 46.0 Å². The number of likely N-dealkylation sites (tertiary alicyclic amines) is 1. The monoisotopic (exact) mass is 359 g/mol. The number of aromatic nitrogens is 1. The molecule has 6 nitrogen and oxygen atoms in total. The van der Waals surface area contributed by atoms with Crippen molar-refractivity contribution in [3.05, 3.63) is 46.5 Å². The van der Waals surface area contributed by atoms with Crippen LogP contribution >= 0.6 is 11.3 Å². The number of carboxylic acid groups (broad SMARTS) is 1. The third kappa shape index (κ3) is 3.82. The van der Waals surface area contributed by atoms with Gasteiger partial charge in [0, 0.05) is 18.7 Å². The van der Waals surface area contributed by atoms with Gasteiger partial charge in [-0.1, -0.05) is 42.5 Å². The summed E-state index contributed by atoms with van der Waals surface area (Å²) in [5, 5.41) is 13.0. The normalized spacial score (nSPS) is 16.8. The first-order chi connectivity index (χ1) is 12.1. The second-order valence-electron chi connectivity index (χ2n) is 6.02. The second-order valence-corrected chi connectivity index (χ2v) is 7.05. The molecule has 1 aliphatic heterocycles. The van der Waals surface area contributed by atoms with Crippen LogP contribution < -0.4 is 5.32 Å². The minimum Gasteiger partial charge on any atom is -0.465 e. The topological polar surface area (TPSA) is 82.5 Å². The molecule has 132 valence electrons. The van der Waals surface area contributed by atoms with Crippen LogP contribution in [-0.2, 0) is 6.42 Å². The number of nitrogens with one attached hydrogen (secondary N) is 1. The molecule has 0 bridgehead atoms. The molecule has 1 fully saturated rings. The van der Waals surface area contributed by atoms with Crippen LogP contribution in [0.1, 0.15) is 40.6 Å². The fraction of sp³-hybridized carbons (Fsp3) is 0.389. The third-order valence-electron chi connectivity index (χ3n) is 4.48. The van der Waals surface area contributed by atoms with Crippen LogP contribution in [0.3, 0.4) is 0 Å². The van der Waals surface area contributed by atoms with Gasteiger partial charge in [-0.3, -0.25) is 4.79 Å². The summed E-state index contributed by atoms with van der Waals surface area (Å²) >= 11 is 1.31. The highest BCUT2D eigenvalue weighted by Gasteiger charge is 2.28. The van der Waals surface area contributed by atoms with Crippen LogP contribution in [0.5, 0.6) is 0 Å². The molecule has 7 heteroatoms.